The van der Waals surface area contributed by atoms with Crippen LogP contribution in [0.2, 0.25) is 0 Å². The Kier molecular flexibility index (Phi) is 11.9. The van der Waals surface area contributed by atoms with Crippen molar-refractivity contribution in [1.82, 2.24) is 19.6 Å². The average Bonchev–Trinajstić information content (AvgIpc) is 3.18. The first-order chi connectivity index (χ1) is 21.1. The molecule has 0 radical (unpaired) electrons. The predicted molar refractivity (Wildman–Crippen MR) is 176 cm³/mol. The van der Waals surface area contributed by atoms with Crippen LogP contribution in [-0.2, 0) is 22.4 Å². The van der Waals surface area contributed by atoms with Gasteiger partial charge in [0.25, 0.3) is 5.91 Å². The summed E-state index contributed by atoms with van der Waals surface area (Å²) in [5.74, 6) is 5.38. The number of fused-ring (bicyclic) bond motifs is 1. The maximum absolute atomic E-state index is 13.8. The molecule has 1 unspecified atom stereocenters. The minimum Gasteiger partial charge on any atom is -0.436 e. The van der Waals surface area contributed by atoms with Crippen LogP contribution >= 0.6 is 15.9 Å². The molecule has 240 valence electrons. The van der Waals surface area contributed by atoms with Crippen molar-refractivity contribution in [3.8, 4) is 0 Å². The Morgan fingerprint density at radius 3 is 2.55 bits per heavy atom. The Labute approximate surface area is 269 Å². The molecule has 2 aromatic rings. The van der Waals surface area contributed by atoms with Crippen LogP contribution in [0.25, 0.3) is 0 Å². The molecule has 11 nitrogen and oxygen atoms in total. The summed E-state index contributed by atoms with van der Waals surface area (Å²) in [7, 11) is 4.04. The summed E-state index contributed by atoms with van der Waals surface area (Å²) in [4.78, 5) is 47.8. The number of hydrogen-bond donors (Lipinski definition) is 3. The van der Waals surface area contributed by atoms with E-state index in [2.05, 4.69) is 38.5 Å². The van der Waals surface area contributed by atoms with Crippen molar-refractivity contribution in [3.05, 3.63) is 58.1 Å². The van der Waals surface area contributed by atoms with E-state index in [0.717, 1.165) is 34.1 Å². The monoisotopic (exact) mass is 671 g/mol. The van der Waals surface area contributed by atoms with Crippen LogP contribution in [0.4, 0.5) is 21.0 Å². The van der Waals surface area contributed by atoms with E-state index in [1.807, 2.05) is 68.4 Å². The number of para-hydroxylation sites is 1. The van der Waals surface area contributed by atoms with Gasteiger partial charge in [0.2, 0.25) is 0 Å². The molecule has 2 aliphatic heterocycles. The SMILES string of the molecule is CCN(CCC(C)N(C)C)C(=O)[C@@H](Cc1ccc(NN)c(Br)c1)OC(=O)N1CCC(N2CCc3ccccc3NC2=O)CC1. The number of likely N-dealkylation sites (tertiary alicyclic amines) is 1. The van der Waals surface area contributed by atoms with E-state index >= 15 is 0 Å². The highest BCUT2D eigenvalue weighted by molar-refractivity contribution is 9.10. The minimum absolute atomic E-state index is 0.0204. The number of nitrogens with zero attached hydrogens (tertiary/aromatic N) is 4. The predicted octanol–water partition coefficient (Wildman–Crippen LogP) is 4.53. The molecule has 44 heavy (non-hydrogen) atoms. The molecule has 0 spiro atoms. The lowest BCUT2D eigenvalue weighted by atomic mass is 10.0. The van der Waals surface area contributed by atoms with Crippen LogP contribution in [0, 0.1) is 0 Å². The molecule has 2 aromatic carbocycles. The van der Waals surface area contributed by atoms with E-state index in [0.29, 0.717) is 57.3 Å². The van der Waals surface area contributed by atoms with Gasteiger partial charge in [-0.2, -0.15) is 0 Å². The van der Waals surface area contributed by atoms with Gasteiger partial charge in [-0.15, -0.1) is 0 Å². The van der Waals surface area contributed by atoms with Gasteiger partial charge >= 0.3 is 12.1 Å². The van der Waals surface area contributed by atoms with Crippen LogP contribution in [-0.4, -0.2) is 103 Å². The summed E-state index contributed by atoms with van der Waals surface area (Å²) in [5.41, 5.74) is 6.16. The standard InChI is InChI=1S/C32H46BrN7O4/c1-5-38(16-12-22(2)37(3)4)30(41)29(21-23-10-11-28(36-34)26(33)20-23)44-32(43)39-17-14-25(15-18-39)40-19-13-24-8-6-7-9-27(24)35-31(40)42/h6-11,20,22,25,29,36H,5,12-19,21,34H2,1-4H3,(H,35,42)/t22?,29-/m1/s1. The van der Waals surface area contributed by atoms with Gasteiger partial charge in [-0.1, -0.05) is 24.3 Å². The van der Waals surface area contributed by atoms with Gasteiger partial charge in [0.1, 0.15) is 0 Å². The van der Waals surface area contributed by atoms with Crippen molar-refractivity contribution in [1.29, 1.82) is 0 Å². The number of halogens is 1. The van der Waals surface area contributed by atoms with E-state index in [-0.39, 0.29) is 24.4 Å². The quantitative estimate of drug-likeness (QED) is 0.237. The van der Waals surface area contributed by atoms with Crippen LogP contribution in [0.5, 0.6) is 0 Å². The number of likely N-dealkylation sites (N-methyl/N-ethyl adjacent to an activating group) is 1. The molecular weight excluding hydrogens is 626 g/mol. The summed E-state index contributed by atoms with van der Waals surface area (Å²) in [6.45, 7) is 6.66. The van der Waals surface area contributed by atoms with E-state index in [1.165, 1.54) is 0 Å². The molecule has 4 rings (SSSR count). The maximum Gasteiger partial charge on any atom is 0.410 e. The molecule has 4 N–H and O–H groups in total. The Bertz CT molecular complexity index is 1300. The fraction of sp³-hybridized carbons (Fsp3) is 0.531. The molecule has 2 atom stereocenters. The number of nitrogens with two attached hydrogens (primary N) is 1. The van der Waals surface area contributed by atoms with Crippen molar-refractivity contribution in [2.45, 2.75) is 64.1 Å². The minimum atomic E-state index is -0.978. The lowest BCUT2D eigenvalue weighted by Crippen LogP contribution is -2.51. The van der Waals surface area contributed by atoms with Gasteiger partial charge in [0.15, 0.2) is 6.10 Å². The first-order valence-electron chi connectivity index (χ1n) is 15.4. The Morgan fingerprint density at radius 1 is 1.16 bits per heavy atom. The third kappa shape index (κ3) is 8.42. The van der Waals surface area contributed by atoms with Crippen molar-refractivity contribution >= 4 is 45.3 Å². The van der Waals surface area contributed by atoms with Gasteiger partial charge in [-0.3, -0.25) is 10.6 Å². The second-order valence-electron chi connectivity index (χ2n) is 11.8. The summed E-state index contributed by atoms with van der Waals surface area (Å²) >= 11 is 3.51. The second-order valence-corrected chi connectivity index (χ2v) is 12.7. The summed E-state index contributed by atoms with van der Waals surface area (Å²) < 4.78 is 6.74. The fourth-order valence-electron chi connectivity index (χ4n) is 5.72. The van der Waals surface area contributed by atoms with Crippen molar-refractivity contribution in [3.63, 3.8) is 0 Å². The number of urea groups is 1. The van der Waals surface area contributed by atoms with E-state index in [1.54, 1.807) is 9.80 Å². The number of amides is 4. The van der Waals surface area contributed by atoms with Crippen molar-refractivity contribution < 1.29 is 19.1 Å². The molecule has 1 fully saturated rings. The average molecular weight is 673 g/mol. The van der Waals surface area contributed by atoms with Crippen LogP contribution in [0.1, 0.15) is 44.2 Å². The number of anilines is 2. The number of rotatable bonds is 11. The molecule has 2 aliphatic rings. The maximum atomic E-state index is 13.8. The zero-order chi connectivity index (χ0) is 31.8. The van der Waals surface area contributed by atoms with E-state index < -0.39 is 12.2 Å². The van der Waals surface area contributed by atoms with Gasteiger partial charge in [-0.05, 0) is 98.9 Å². The third-order valence-corrected chi connectivity index (χ3v) is 9.48. The first kappa shape index (κ1) is 33.5. The van der Waals surface area contributed by atoms with Gasteiger partial charge < -0.3 is 35.1 Å². The van der Waals surface area contributed by atoms with E-state index in [9.17, 15) is 14.4 Å². The van der Waals surface area contributed by atoms with Crippen molar-refractivity contribution in [2.24, 2.45) is 5.84 Å². The highest BCUT2D eigenvalue weighted by Crippen LogP contribution is 2.26. The number of carbonyl (C=O) groups is 3. The zero-order valence-electron chi connectivity index (χ0n) is 26.2. The fourth-order valence-corrected chi connectivity index (χ4v) is 6.26. The lowest BCUT2D eigenvalue weighted by Gasteiger charge is -2.38. The molecule has 0 bridgehead atoms. The molecule has 1 saturated heterocycles. The van der Waals surface area contributed by atoms with Crippen molar-refractivity contribution in [2.75, 3.05) is 57.6 Å². The van der Waals surface area contributed by atoms with Crippen LogP contribution in [0.15, 0.2) is 46.9 Å². The van der Waals surface area contributed by atoms with E-state index in [4.69, 9.17) is 10.6 Å². The number of piperidine rings is 1. The number of carbonyl (C=O) groups excluding carboxylic acids is 3. The second kappa shape index (κ2) is 15.6. The smallest absolute Gasteiger partial charge is 0.410 e. The number of hydrazine groups is 1. The molecule has 12 heteroatoms. The number of nitrogen functional groups attached to an aromatic ring is 1. The van der Waals surface area contributed by atoms with Gasteiger partial charge in [0.05, 0.1) is 5.69 Å². The number of ether oxygens (including phenoxy) is 1. The molecule has 4 amide bonds. The number of benzene rings is 2. The summed E-state index contributed by atoms with van der Waals surface area (Å²) in [6.07, 6.45) is 1.61. The van der Waals surface area contributed by atoms with Crippen LogP contribution in [0.3, 0.4) is 0 Å². The Hall–Kier alpha value is -3.35. The normalized spacial score (nSPS) is 16.9. The lowest BCUT2D eigenvalue weighted by molar-refractivity contribution is -0.141. The number of hydrogen-bond acceptors (Lipinski definition) is 7. The highest BCUT2D eigenvalue weighted by atomic mass is 79.9. The Balaban J connectivity index is 1.41. The molecule has 0 aromatic heterocycles. The third-order valence-electron chi connectivity index (χ3n) is 8.83. The summed E-state index contributed by atoms with van der Waals surface area (Å²) in [5, 5.41) is 3.04. The zero-order valence-corrected chi connectivity index (χ0v) is 27.8. The topological polar surface area (TPSA) is 123 Å². The van der Waals surface area contributed by atoms with Gasteiger partial charge in [-0.25, -0.2) is 9.59 Å². The first-order valence-corrected chi connectivity index (χ1v) is 16.2. The van der Waals surface area contributed by atoms with Crippen LogP contribution < -0.4 is 16.6 Å². The number of nitrogens with one attached hydrogen (secondary N) is 2. The molecule has 0 aliphatic carbocycles. The molecular formula is C32H46BrN7O4. The largest absolute Gasteiger partial charge is 0.436 e. The molecule has 0 saturated carbocycles. The molecule has 2 heterocycles. The summed E-state index contributed by atoms with van der Waals surface area (Å²) in [6, 6.07) is 13.7. The van der Waals surface area contributed by atoms with Gasteiger partial charge in [0, 0.05) is 61.4 Å². The highest BCUT2D eigenvalue weighted by Gasteiger charge is 2.34. The Morgan fingerprint density at radius 2 is 1.89 bits per heavy atom.